The molecule has 1 amide bonds. The van der Waals surface area contributed by atoms with E-state index in [1.165, 1.54) is 24.3 Å². The molecule has 9 heteroatoms. The molecule has 2 rings (SSSR count). The second kappa shape index (κ2) is 11.4. The lowest BCUT2D eigenvalue weighted by atomic mass is 10.1. The summed E-state index contributed by atoms with van der Waals surface area (Å²) in [6.07, 6.45) is 0.869. The van der Waals surface area contributed by atoms with Gasteiger partial charge in [0.15, 0.2) is 0 Å². The molecule has 0 radical (unpaired) electrons. The fraction of sp³-hybridized carbons (Fsp3) is 0.300. The molecular weight excluding hydrogens is 378 g/mol. The third-order valence-corrected chi connectivity index (χ3v) is 4.00. The van der Waals surface area contributed by atoms with Crippen LogP contribution in [0.15, 0.2) is 54.6 Å². The van der Waals surface area contributed by atoms with E-state index in [0.29, 0.717) is 25.8 Å². The van der Waals surface area contributed by atoms with Crippen molar-refractivity contribution in [2.75, 3.05) is 6.54 Å². The van der Waals surface area contributed by atoms with Crippen LogP contribution in [0.2, 0.25) is 0 Å². The van der Waals surface area contributed by atoms with Crippen molar-refractivity contribution >= 4 is 17.7 Å². The second-order valence-electron chi connectivity index (χ2n) is 6.22. The second-order valence-corrected chi connectivity index (χ2v) is 6.22. The third-order valence-electron chi connectivity index (χ3n) is 4.00. The first-order chi connectivity index (χ1) is 14.0. The number of esters is 1. The average Bonchev–Trinajstić information content (AvgIpc) is 2.72. The maximum Gasteiger partial charge on any atom is 0.408 e. The fourth-order valence-corrected chi connectivity index (χ4v) is 2.47. The Morgan fingerprint density at radius 1 is 1.07 bits per heavy atom. The number of nitrogens with two attached hydrogens (primary N) is 1. The predicted octanol–water partition coefficient (Wildman–Crippen LogP) is 2.92. The summed E-state index contributed by atoms with van der Waals surface area (Å²) < 4.78 is 10.4. The van der Waals surface area contributed by atoms with Gasteiger partial charge < -0.3 is 20.5 Å². The van der Waals surface area contributed by atoms with Gasteiger partial charge in [0.2, 0.25) is 0 Å². The largest absolute Gasteiger partial charge is 0.445 e. The van der Waals surface area contributed by atoms with Gasteiger partial charge in [-0.15, -0.1) is 0 Å². The molecule has 0 spiro atoms. The van der Waals surface area contributed by atoms with Crippen LogP contribution >= 0.6 is 0 Å². The molecule has 154 valence electrons. The Balaban J connectivity index is 1.95. The van der Waals surface area contributed by atoms with E-state index >= 15 is 0 Å². The van der Waals surface area contributed by atoms with Gasteiger partial charge in [-0.2, -0.15) is 0 Å². The highest BCUT2D eigenvalue weighted by molar-refractivity contribution is 5.82. The summed E-state index contributed by atoms with van der Waals surface area (Å²) in [5.74, 6) is -0.545. The van der Waals surface area contributed by atoms with E-state index in [9.17, 15) is 19.7 Å². The molecule has 0 unspecified atom stereocenters. The number of hydrogen-bond acceptors (Lipinski definition) is 7. The lowest BCUT2D eigenvalue weighted by Gasteiger charge is -2.17. The highest BCUT2D eigenvalue weighted by Crippen LogP contribution is 2.18. The first-order valence-electron chi connectivity index (χ1n) is 9.13. The molecule has 0 aliphatic carbocycles. The van der Waals surface area contributed by atoms with E-state index in [1.54, 1.807) is 0 Å². The van der Waals surface area contributed by atoms with Crippen molar-refractivity contribution in [2.45, 2.75) is 31.9 Å². The summed E-state index contributed by atoms with van der Waals surface area (Å²) >= 11 is 0. The quantitative estimate of drug-likeness (QED) is 0.205. The molecule has 3 N–H and O–H groups in total. The normalized spacial score (nSPS) is 11.3. The van der Waals surface area contributed by atoms with Gasteiger partial charge in [-0.05, 0) is 43.5 Å². The Kier molecular flexibility index (Phi) is 8.58. The van der Waals surface area contributed by atoms with Gasteiger partial charge in [0, 0.05) is 12.1 Å². The first-order valence-corrected chi connectivity index (χ1v) is 9.13. The van der Waals surface area contributed by atoms with E-state index in [0.717, 1.165) is 5.56 Å². The van der Waals surface area contributed by atoms with Gasteiger partial charge in [0.1, 0.15) is 18.4 Å². The molecule has 0 aliphatic rings. The standard InChI is InChI=1S/C20H23N3O6/c21-13-5-4-8-18(22-20(25)28-14-15-6-2-1-3-7-15)19(24)29-17-11-9-16(10-12-17)23(26)27/h1-3,6-7,9-12,18H,4-5,8,13-14,21H2,(H,22,25)/t18-/m1/s1. The number of alkyl carbamates (subject to hydrolysis) is 1. The molecule has 2 aromatic rings. The zero-order chi connectivity index (χ0) is 21.1. The lowest BCUT2D eigenvalue weighted by Crippen LogP contribution is -2.43. The Hall–Kier alpha value is -3.46. The molecule has 0 saturated carbocycles. The first kappa shape index (κ1) is 21.8. The zero-order valence-electron chi connectivity index (χ0n) is 15.8. The summed E-state index contributed by atoms with van der Waals surface area (Å²) in [5, 5.41) is 13.2. The number of carbonyl (C=O) groups is 2. The van der Waals surface area contributed by atoms with Gasteiger partial charge >= 0.3 is 12.1 Å². The summed E-state index contributed by atoms with van der Waals surface area (Å²) in [5.41, 5.74) is 6.18. The number of hydrogen-bond donors (Lipinski definition) is 2. The summed E-state index contributed by atoms with van der Waals surface area (Å²) in [6, 6.07) is 13.3. The number of nitrogens with zero attached hydrogens (tertiary/aromatic N) is 1. The number of ether oxygens (including phenoxy) is 2. The van der Waals surface area contributed by atoms with Crippen LogP contribution < -0.4 is 15.8 Å². The Labute approximate surface area is 168 Å². The van der Waals surface area contributed by atoms with Crippen LogP contribution in [-0.2, 0) is 16.1 Å². The van der Waals surface area contributed by atoms with Crippen LogP contribution in [0.1, 0.15) is 24.8 Å². The van der Waals surface area contributed by atoms with E-state index < -0.39 is 23.0 Å². The maximum absolute atomic E-state index is 12.5. The van der Waals surface area contributed by atoms with Crippen molar-refractivity contribution in [1.29, 1.82) is 0 Å². The van der Waals surface area contributed by atoms with E-state index in [-0.39, 0.29) is 18.0 Å². The number of unbranched alkanes of at least 4 members (excludes halogenated alkanes) is 1. The Bertz CT molecular complexity index is 811. The van der Waals surface area contributed by atoms with Crippen LogP contribution in [-0.4, -0.2) is 29.6 Å². The van der Waals surface area contributed by atoms with Crippen molar-refractivity contribution in [3.8, 4) is 5.75 Å². The molecule has 29 heavy (non-hydrogen) atoms. The number of amides is 1. The number of nitro groups is 1. The van der Waals surface area contributed by atoms with Crippen LogP contribution in [0.4, 0.5) is 10.5 Å². The van der Waals surface area contributed by atoms with Crippen LogP contribution in [0.5, 0.6) is 5.75 Å². The van der Waals surface area contributed by atoms with Gasteiger partial charge in [-0.3, -0.25) is 10.1 Å². The van der Waals surface area contributed by atoms with E-state index in [2.05, 4.69) is 5.32 Å². The monoisotopic (exact) mass is 401 g/mol. The minimum absolute atomic E-state index is 0.0690. The molecular formula is C20H23N3O6. The molecule has 1 atom stereocenters. The van der Waals surface area contributed by atoms with Crippen molar-refractivity contribution in [1.82, 2.24) is 5.32 Å². The van der Waals surface area contributed by atoms with Gasteiger partial charge in [-0.25, -0.2) is 9.59 Å². The van der Waals surface area contributed by atoms with Crippen molar-refractivity contribution in [2.24, 2.45) is 5.73 Å². The lowest BCUT2D eigenvalue weighted by molar-refractivity contribution is -0.384. The fourth-order valence-electron chi connectivity index (χ4n) is 2.47. The number of carbonyl (C=O) groups excluding carboxylic acids is 2. The van der Waals surface area contributed by atoms with Crippen LogP contribution in [0.3, 0.4) is 0 Å². The molecule has 9 nitrogen and oxygen atoms in total. The van der Waals surface area contributed by atoms with E-state index in [1.807, 2.05) is 30.3 Å². The molecule has 0 aliphatic heterocycles. The number of rotatable bonds is 10. The van der Waals surface area contributed by atoms with E-state index in [4.69, 9.17) is 15.2 Å². The number of non-ortho nitro benzene ring substituents is 1. The minimum atomic E-state index is -0.931. The van der Waals surface area contributed by atoms with Gasteiger partial charge in [0.05, 0.1) is 4.92 Å². The van der Waals surface area contributed by atoms with Crippen LogP contribution in [0, 0.1) is 10.1 Å². The molecule has 2 aromatic carbocycles. The third kappa shape index (κ3) is 7.59. The summed E-state index contributed by atoms with van der Waals surface area (Å²) in [7, 11) is 0. The average molecular weight is 401 g/mol. The number of benzene rings is 2. The summed E-state index contributed by atoms with van der Waals surface area (Å²) in [4.78, 5) is 34.7. The molecule has 0 saturated heterocycles. The molecule has 0 bridgehead atoms. The number of nitrogens with one attached hydrogen (secondary N) is 1. The Morgan fingerprint density at radius 2 is 1.76 bits per heavy atom. The minimum Gasteiger partial charge on any atom is -0.445 e. The van der Waals surface area contributed by atoms with Crippen LogP contribution in [0.25, 0.3) is 0 Å². The molecule has 0 fully saturated rings. The highest BCUT2D eigenvalue weighted by atomic mass is 16.6. The van der Waals surface area contributed by atoms with Gasteiger partial charge in [0.25, 0.3) is 5.69 Å². The SMILES string of the molecule is NCCCC[C@@H](NC(=O)OCc1ccccc1)C(=O)Oc1ccc([N+](=O)[O-])cc1. The summed E-state index contributed by atoms with van der Waals surface area (Å²) in [6.45, 7) is 0.530. The zero-order valence-corrected chi connectivity index (χ0v) is 15.8. The Morgan fingerprint density at radius 3 is 2.38 bits per heavy atom. The molecule has 0 aromatic heterocycles. The molecule has 0 heterocycles. The number of nitro benzene ring substituents is 1. The van der Waals surface area contributed by atoms with Crippen molar-refractivity contribution < 1.29 is 24.0 Å². The topological polar surface area (TPSA) is 134 Å². The van der Waals surface area contributed by atoms with Crippen molar-refractivity contribution in [3.63, 3.8) is 0 Å². The predicted molar refractivity (Wildman–Crippen MR) is 105 cm³/mol. The van der Waals surface area contributed by atoms with Crippen molar-refractivity contribution in [3.05, 3.63) is 70.3 Å². The smallest absolute Gasteiger partial charge is 0.408 e. The maximum atomic E-state index is 12.5. The highest BCUT2D eigenvalue weighted by Gasteiger charge is 2.23. The van der Waals surface area contributed by atoms with Gasteiger partial charge in [-0.1, -0.05) is 30.3 Å².